The first kappa shape index (κ1) is 57.2. The van der Waals surface area contributed by atoms with E-state index in [0.717, 1.165) is 19.6 Å². The largest absolute Gasteiger partial charge is 0.464 e. The minimum Gasteiger partial charge on any atom is -0.464 e. The zero-order valence-corrected chi connectivity index (χ0v) is 38.8. The van der Waals surface area contributed by atoms with E-state index < -0.39 is 5.97 Å². The van der Waals surface area contributed by atoms with Gasteiger partial charge in [0.1, 0.15) is 19.8 Å². The van der Waals surface area contributed by atoms with Crippen LogP contribution in [0.5, 0.6) is 0 Å². The van der Waals surface area contributed by atoms with Gasteiger partial charge in [0.15, 0.2) is 0 Å². The summed E-state index contributed by atoms with van der Waals surface area (Å²) in [6.45, 7) is 10.5. The van der Waals surface area contributed by atoms with E-state index in [1.807, 2.05) is 4.90 Å². The number of ether oxygens (including phenoxy) is 5. The molecular formula is C47H92N2O10. The highest BCUT2D eigenvalue weighted by Crippen LogP contribution is 2.14. The number of rotatable bonds is 48. The molecule has 0 aromatic rings. The number of unbranched alkanes of at least 4 members (excludes halogenated alkanes) is 22. The van der Waals surface area contributed by atoms with Crippen LogP contribution in [0, 0.1) is 0 Å². The Balaban J connectivity index is 4.74. The van der Waals surface area contributed by atoms with Crippen LogP contribution in [0.4, 0.5) is 0 Å². The van der Waals surface area contributed by atoms with Gasteiger partial charge in [0.25, 0.3) is 0 Å². The average Bonchev–Trinajstić information content (AvgIpc) is 3.23. The van der Waals surface area contributed by atoms with Crippen molar-refractivity contribution in [3.8, 4) is 0 Å². The number of carbonyl (C=O) groups excluding carboxylic acids is 3. The van der Waals surface area contributed by atoms with Crippen molar-refractivity contribution in [2.75, 3.05) is 99.7 Å². The van der Waals surface area contributed by atoms with Crippen molar-refractivity contribution in [1.29, 1.82) is 0 Å². The van der Waals surface area contributed by atoms with Gasteiger partial charge in [-0.2, -0.15) is 0 Å². The predicted molar refractivity (Wildman–Crippen MR) is 237 cm³/mol. The molecular weight excluding hydrogens is 753 g/mol. The maximum Gasteiger partial charge on any atom is 0.308 e. The van der Waals surface area contributed by atoms with Gasteiger partial charge in [-0.3, -0.25) is 24.2 Å². The van der Waals surface area contributed by atoms with E-state index in [4.69, 9.17) is 28.6 Å². The first-order valence-electron chi connectivity index (χ1n) is 24.1. The number of hydrogen-bond acceptors (Lipinski definition) is 12. The van der Waals surface area contributed by atoms with Crippen molar-refractivity contribution in [3.05, 3.63) is 0 Å². The lowest BCUT2D eigenvalue weighted by Crippen LogP contribution is -2.35. The highest BCUT2D eigenvalue weighted by Gasteiger charge is 2.14. The van der Waals surface area contributed by atoms with Gasteiger partial charge in [-0.25, -0.2) is 9.78 Å². The third kappa shape index (κ3) is 44.0. The van der Waals surface area contributed by atoms with Gasteiger partial charge in [0.05, 0.1) is 52.8 Å². The monoisotopic (exact) mass is 845 g/mol. The molecule has 12 heteroatoms. The van der Waals surface area contributed by atoms with E-state index in [9.17, 15) is 14.4 Å². The predicted octanol–water partition coefficient (Wildman–Crippen LogP) is 10.0. The van der Waals surface area contributed by atoms with Crippen molar-refractivity contribution in [2.24, 2.45) is 0 Å². The van der Waals surface area contributed by atoms with Crippen molar-refractivity contribution < 1.29 is 47.8 Å². The molecule has 350 valence electrons. The van der Waals surface area contributed by atoms with Crippen LogP contribution in [0.15, 0.2) is 0 Å². The molecule has 0 saturated carbocycles. The summed E-state index contributed by atoms with van der Waals surface area (Å²) in [5.41, 5.74) is 0. The van der Waals surface area contributed by atoms with Crippen LogP contribution in [0.2, 0.25) is 0 Å². The van der Waals surface area contributed by atoms with E-state index in [0.29, 0.717) is 39.5 Å². The average molecular weight is 845 g/mol. The first-order valence-corrected chi connectivity index (χ1v) is 24.1. The lowest BCUT2D eigenvalue weighted by Gasteiger charge is -2.23. The van der Waals surface area contributed by atoms with Crippen LogP contribution >= 0.6 is 0 Å². The second-order valence-electron chi connectivity index (χ2n) is 16.0. The summed E-state index contributed by atoms with van der Waals surface area (Å²) >= 11 is 0. The molecule has 0 aromatic carbocycles. The third-order valence-corrected chi connectivity index (χ3v) is 10.7. The number of nitrogens with zero attached hydrogens (tertiary/aromatic N) is 2. The summed E-state index contributed by atoms with van der Waals surface area (Å²) in [6.07, 6.45) is 32.6. The summed E-state index contributed by atoms with van der Waals surface area (Å²) in [5.74, 6) is -1.02. The second kappa shape index (κ2) is 47.2. The minimum atomic E-state index is -0.405. The Morgan fingerprint density at radius 1 is 0.356 bits per heavy atom. The van der Waals surface area contributed by atoms with Gasteiger partial charge >= 0.3 is 17.9 Å². The van der Waals surface area contributed by atoms with E-state index in [-0.39, 0.29) is 57.6 Å². The van der Waals surface area contributed by atoms with Crippen molar-refractivity contribution in [3.63, 3.8) is 0 Å². The summed E-state index contributed by atoms with van der Waals surface area (Å²) in [6, 6.07) is 0. The van der Waals surface area contributed by atoms with Gasteiger partial charge in [0.2, 0.25) is 0 Å². The summed E-state index contributed by atoms with van der Waals surface area (Å²) < 4.78 is 26.7. The molecule has 0 atom stereocenters. The molecule has 0 aliphatic heterocycles. The van der Waals surface area contributed by atoms with Gasteiger partial charge in [0, 0.05) is 33.3 Å². The summed E-state index contributed by atoms with van der Waals surface area (Å²) in [4.78, 5) is 50.8. The van der Waals surface area contributed by atoms with Crippen LogP contribution in [0.3, 0.4) is 0 Å². The van der Waals surface area contributed by atoms with Crippen molar-refractivity contribution >= 4 is 17.9 Å². The molecule has 0 bridgehead atoms. The fourth-order valence-corrected chi connectivity index (χ4v) is 6.96. The van der Waals surface area contributed by atoms with Crippen molar-refractivity contribution in [2.45, 2.75) is 187 Å². The third-order valence-electron chi connectivity index (χ3n) is 10.7. The van der Waals surface area contributed by atoms with Crippen LogP contribution in [0.1, 0.15) is 187 Å². The van der Waals surface area contributed by atoms with E-state index in [1.165, 1.54) is 161 Å². The number of methoxy groups -OCH3 is 1. The highest BCUT2D eigenvalue weighted by molar-refractivity contribution is 5.70. The molecule has 59 heavy (non-hydrogen) atoms. The van der Waals surface area contributed by atoms with Crippen LogP contribution in [0.25, 0.3) is 0 Å². The second-order valence-corrected chi connectivity index (χ2v) is 16.0. The molecule has 0 spiro atoms. The molecule has 0 N–H and O–H groups in total. The molecule has 0 rings (SSSR count). The molecule has 0 saturated heterocycles. The molecule has 0 aliphatic carbocycles. The Morgan fingerprint density at radius 3 is 1.10 bits per heavy atom. The summed E-state index contributed by atoms with van der Waals surface area (Å²) in [7, 11) is 2.98. The summed E-state index contributed by atoms with van der Waals surface area (Å²) in [5, 5.41) is 0. The van der Waals surface area contributed by atoms with Crippen molar-refractivity contribution in [1.82, 2.24) is 9.80 Å². The molecule has 0 unspecified atom stereocenters. The fraction of sp³-hybridized carbons (Fsp3) is 0.936. The van der Waals surface area contributed by atoms with Gasteiger partial charge in [-0.15, -0.1) is 0 Å². The minimum absolute atomic E-state index is 0.0693. The molecule has 0 heterocycles. The Kier molecular flexibility index (Phi) is 45.8. The molecule has 0 amide bonds. The Labute approximate surface area is 361 Å². The fourth-order valence-electron chi connectivity index (χ4n) is 6.96. The lowest BCUT2D eigenvalue weighted by atomic mass is 10.0. The lowest BCUT2D eigenvalue weighted by molar-refractivity contribution is -0.272. The SMILES string of the molecule is CCCCCCCCCCCCCCN(CCCCCCCCCCCCCC)CCOC(=O)CCN(CCOC(=O)CCOCCOC)CCOC(=O)CCOOC. The maximum absolute atomic E-state index is 12.9. The first-order chi connectivity index (χ1) is 29.0. The Morgan fingerprint density at radius 2 is 0.712 bits per heavy atom. The highest BCUT2D eigenvalue weighted by atomic mass is 17.2. The Bertz CT molecular complexity index is 884. The van der Waals surface area contributed by atoms with E-state index in [2.05, 4.69) is 23.6 Å². The molecule has 0 radical (unpaired) electrons. The number of carbonyl (C=O) groups is 3. The molecule has 12 nitrogen and oxygen atoms in total. The molecule has 0 aromatic heterocycles. The normalized spacial score (nSPS) is 11.5. The van der Waals surface area contributed by atoms with Gasteiger partial charge in [-0.1, -0.05) is 155 Å². The molecule has 0 fully saturated rings. The van der Waals surface area contributed by atoms with Crippen LogP contribution in [-0.2, 0) is 47.8 Å². The Hall–Kier alpha value is -1.83. The topological polar surface area (TPSA) is 122 Å². The standard InChI is InChI=1S/C47H92N2O10/c1-5-7-9-11-13-15-17-19-21-23-25-27-32-48(33-28-26-24-22-20-18-16-14-12-10-8-6-2)35-40-56-45(50)29-34-49(37-42-58-47(52)31-39-59-54-4)36-41-57-46(51)30-38-55-44-43-53-3/h5-44H2,1-4H3. The smallest absolute Gasteiger partial charge is 0.308 e. The maximum atomic E-state index is 12.9. The van der Waals surface area contributed by atoms with E-state index in [1.54, 1.807) is 7.11 Å². The molecule has 0 aliphatic rings. The zero-order chi connectivity index (χ0) is 43.1. The van der Waals surface area contributed by atoms with E-state index >= 15 is 0 Å². The number of esters is 3. The van der Waals surface area contributed by atoms with Crippen LogP contribution < -0.4 is 0 Å². The number of hydrogen-bond donors (Lipinski definition) is 0. The van der Waals surface area contributed by atoms with Gasteiger partial charge in [-0.05, 0) is 25.9 Å². The quantitative estimate of drug-likeness (QED) is 0.0191. The van der Waals surface area contributed by atoms with Gasteiger partial charge < -0.3 is 23.7 Å². The zero-order valence-electron chi connectivity index (χ0n) is 38.8. The van der Waals surface area contributed by atoms with Crippen LogP contribution in [-0.4, -0.2) is 127 Å².